The van der Waals surface area contributed by atoms with Gasteiger partial charge < -0.3 is 4.90 Å². The average molecular weight is 268 g/mol. The van der Waals surface area contributed by atoms with Crippen LogP contribution < -0.4 is 4.90 Å². The Kier molecular flexibility index (Phi) is 3.70. The fraction of sp³-hybridized carbons (Fsp3) is 0.611. The Balaban J connectivity index is 1.69. The first-order chi connectivity index (χ1) is 9.72. The molecule has 2 aliphatic rings. The van der Waals surface area contributed by atoms with Crippen LogP contribution in [0, 0.1) is 23.7 Å². The molecule has 3 rings (SSSR count). The Bertz CT molecular complexity index is 511. The lowest BCUT2D eigenvalue weighted by Crippen LogP contribution is -2.41. The highest BCUT2D eigenvalue weighted by Gasteiger charge is 2.35. The summed E-state index contributed by atoms with van der Waals surface area (Å²) >= 11 is 0. The standard InChI is InChI=1S/C18H24N2/c1-15-13-17(6-5-16(15)14-19)20-11-9-18(10-12-20)7-3-2-4-8-18/h5-6,13H,2-4,7-12H2,1H3. The number of nitrogens with zero attached hydrogens (tertiary/aromatic N) is 2. The molecule has 1 spiro atoms. The first-order valence-corrected chi connectivity index (χ1v) is 7.98. The molecule has 2 fully saturated rings. The van der Waals surface area contributed by atoms with Gasteiger partial charge >= 0.3 is 0 Å². The Morgan fingerprint density at radius 3 is 2.35 bits per heavy atom. The molecule has 1 saturated heterocycles. The van der Waals surface area contributed by atoms with Crippen LogP contribution in [0.2, 0.25) is 0 Å². The van der Waals surface area contributed by atoms with E-state index in [1.807, 2.05) is 13.0 Å². The van der Waals surface area contributed by atoms with Gasteiger partial charge in [-0.05, 0) is 61.8 Å². The van der Waals surface area contributed by atoms with Crippen LogP contribution in [0.1, 0.15) is 56.1 Å². The van der Waals surface area contributed by atoms with E-state index in [1.165, 1.54) is 63.7 Å². The van der Waals surface area contributed by atoms with Gasteiger partial charge in [-0.25, -0.2) is 0 Å². The molecule has 1 saturated carbocycles. The van der Waals surface area contributed by atoms with Crippen LogP contribution in [0.4, 0.5) is 5.69 Å². The second-order valence-electron chi connectivity index (χ2n) is 6.66. The van der Waals surface area contributed by atoms with Crippen molar-refractivity contribution in [3.8, 4) is 6.07 Å². The van der Waals surface area contributed by atoms with E-state index in [1.54, 1.807) is 0 Å². The molecule has 2 nitrogen and oxygen atoms in total. The monoisotopic (exact) mass is 268 g/mol. The van der Waals surface area contributed by atoms with E-state index in [4.69, 9.17) is 5.26 Å². The zero-order valence-corrected chi connectivity index (χ0v) is 12.5. The second kappa shape index (κ2) is 5.48. The molecule has 106 valence electrons. The van der Waals surface area contributed by atoms with E-state index in [0.29, 0.717) is 5.41 Å². The minimum Gasteiger partial charge on any atom is -0.371 e. The third-order valence-electron chi connectivity index (χ3n) is 5.43. The lowest BCUT2D eigenvalue weighted by Gasteiger charge is -2.45. The molecule has 0 aromatic heterocycles. The van der Waals surface area contributed by atoms with E-state index in [-0.39, 0.29) is 0 Å². The molecule has 0 bridgehead atoms. The number of benzene rings is 1. The van der Waals surface area contributed by atoms with Crippen LogP contribution in [-0.2, 0) is 0 Å². The van der Waals surface area contributed by atoms with Crippen molar-refractivity contribution in [2.75, 3.05) is 18.0 Å². The van der Waals surface area contributed by atoms with Crippen molar-refractivity contribution in [3.05, 3.63) is 29.3 Å². The maximum absolute atomic E-state index is 9.02. The highest BCUT2D eigenvalue weighted by Crippen LogP contribution is 2.45. The largest absolute Gasteiger partial charge is 0.371 e. The molecular formula is C18H24N2. The van der Waals surface area contributed by atoms with Crippen LogP contribution in [0.5, 0.6) is 0 Å². The zero-order chi connectivity index (χ0) is 14.0. The van der Waals surface area contributed by atoms with E-state index in [2.05, 4.69) is 23.1 Å². The number of nitriles is 1. The fourth-order valence-electron chi connectivity index (χ4n) is 4.01. The third-order valence-corrected chi connectivity index (χ3v) is 5.43. The first kappa shape index (κ1) is 13.5. The van der Waals surface area contributed by atoms with Gasteiger partial charge in [0.25, 0.3) is 0 Å². The van der Waals surface area contributed by atoms with Gasteiger partial charge in [0.2, 0.25) is 0 Å². The highest BCUT2D eigenvalue weighted by atomic mass is 15.1. The number of rotatable bonds is 1. The molecule has 1 heterocycles. The van der Waals surface area contributed by atoms with Gasteiger partial charge in [-0.2, -0.15) is 5.26 Å². The van der Waals surface area contributed by atoms with E-state index < -0.39 is 0 Å². The van der Waals surface area contributed by atoms with Crippen LogP contribution >= 0.6 is 0 Å². The minimum absolute atomic E-state index is 0.663. The maximum atomic E-state index is 9.02. The number of hydrogen-bond acceptors (Lipinski definition) is 2. The van der Waals surface area contributed by atoms with Gasteiger partial charge in [0.05, 0.1) is 11.6 Å². The number of piperidine rings is 1. The van der Waals surface area contributed by atoms with Gasteiger partial charge in [-0.3, -0.25) is 0 Å². The molecule has 0 N–H and O–H groups in total. The van der Waals surface area contributed by atoms with Crippen molar-refractivity contribution in [2.45, 2.75) is 51.9 Å². The van der Waals surface area contributed by atoms with E-state index in [9.17, 15) is 0 Å². The molecule has 2 heteroatoms. The molecule has 1 aromatic carbocycles. The summed E-state index contributed by atoms with van der Waals surface area (Å²) in [6, 6.07) is 8.51. The molecule has 0 amide bonds. The molecule has 0 unspecified atom stereocenters. The fourth-order valence-corrected chi connectivity index (χ4v) is 4.01. The lowest BCUT2D eigenvalue weighted by atomic mass is 9.68. The second-order valence-corrected chi connectivity index (χ2v) is 6.66. The lowest BCUT2D eigenvalue weighted by molar-refractivity contribution is 0.144. The molecule has 20 heavy (non-hydrogen) atoms. The van der Waals surface area contributed by atoms with Crippen LogP contribution in [0.25, 0.3) is 0 Å². The van der Waals surface area contributed by atoms with Crippen molar-refractivity contribution < 1.29 is 0 Å². The van der Waals surface area contributed by atoms with Gasteiger partial charge in [-0.15, -0.1) is 0 Å². The first-order valence-electron chi connectivity index (χ1n) is 7.98. The van der Waals surface area contributed by atoms with Crippen molar-refractivity contribution in [3.63, 3.8) is 0 Å². The summed E-state index contributed by atoms with van der Waals surface area (Å²) in [4.78, 5) is 2.51. The van der Waals surface area contributed by atoms with Crippen LogP contribution in [-0.4, -0.2) is 13.1 Å². The summed E-state index contributed by atoms with van der Waals surface area (Å²) in [7, 11) is 0. The predicted octanol–water partition coefficient (Wildman–Crippen LogP) is 4.42. The minimum atomic E-state index is 0.663. The summed E-state index contributed by atoms with van der Waals surface area (Å²) in [5, 5.41) is 9.02. The van der Waals surface area contributed by atoms with E-state index >= 15 is 0 Å². The summed E-state index contributed by atoms with van der Waals surface area (Å²) in [5.41, 5.74) is 3.86. The van der Waals surface area contributed by atoms with Gasteiger partial charge in [-0.1, -0.05) is 19.3 Å². The zero-order valence-electron chi connectivity index (χ0n) is 12.5. The van der Waals surface area contributed by atoms with Gasteiger partial charge in [0, 0.05) is 18.8 Å². The van der Waals surface area contributed by atoms with Crippen molar-refractivity contribution >= 4 is 5.69 Å². The van der Waals surface area contributed by atoms with Crippen molar-refractivity contribution in [2.24, 2.45) is 5.41 Å². The number of anilines is 1. The molecular weight excluding hydrogens is 244 g/mol. The summed E-state index contributed by atoms with van der Waals surface area (Å²) < 4.78 is 0. The topological polar surface area (TPSA) is 27.0 Å². The predicted molar refractivity (Wildman–Crippen MR) is 82.9 cm³/mol. The Morgan fingerprint density at radius 1 is 1.05 bits per heavy atom. The quantitative estimate of drug-likeness (QED) is 0.754. The van der Waals surface area contributed by atoms with Crippen LogP contribution in [0.3, 0.4) is 0 Å². The average Bonchev–Trinajstić information content (AvgIpc) is 2.49. The Labute approximate surface area is 122 Å². The van der Waals surface area contributed by atoms with E-state index in [0.717, 1.165) is 11.1 Å². The van der Waals surface area contributed by atoms with Gasteiger partial charge in [0.1, 0.15) is 0 Å². The maximum Gasteiger partial charge on any atom is 0.0994 e. The molecule has 1 aliphatic carbocycles. The normalized spacial score (nSPS) is 21.7. The molecule has 1 aliphatic heterocycles. The summed E-state index contributed by atoms with van der Waals surface area (Å²) in [6.45, 7) is 4.41. The summed E-state index contributed by atoms with van der Waals surface area (Å²) in [5.74, 6) is 0. The SMILES string of the molecule is Cc1cc(N2CCC3(CCCCC3)CC2)ccc1C#N. The Morgan fingerprint density at radius 2 is 1.75 bits per heavy atom. The van der Waals surface area contributed by atoms with Crippen molar-refractivity contribution in [1.82, 2.24) is 0 Å². The molecule has 0 radical (unpaired) electrons. The Hall–Kier alpha value is -1.49. The number of hydrogen-bond donors (Lipinski definition) is 0. The number of aryl methyl sites for hydroxylation is 1. The third kappa shape index (κ3) is 2.54. The smallest absolute Gasteiger partial charge is 0.0994 e. The van der Waals surface area contributed by atoms with Crippen LogP contribution in [0.15, 0.2) is 18.2 Å². The van der Waals surface area contributed by atoms with Crippen molar-refractivity contribution in [1.29, 1.82) is 5.26 Å². The summed E-state index contributed by atoms with van der Waals surface area (Å²) in [6.07, 6.45) is 9.94. The van der Waals surface area contributed by atoms with Gasteiger partial charge in [0.15, 0.2) is 0 Å². The molecule has 1 aromatic rings. The highest BCUT2D eigenvalue weighted by molar-refractivity contribution is 5.53. The molecule has 0 atom stereocenters.